The maximum Gasteiger partial charge on any atom is 0.131 e. The second-order valence-electron chi connectivity index (χ2n) is 3.47. The molecule has 1 unspecified atom stereocenters. The van der Waals surface area contributed by atoms with E-state index in [1.54, 1.807) is 0 Å². The minimum absolute atomic E-state index is 0.0627. The molecule has 1 aliphatic heterocycles. The number of halogens is 3. The molecule has 1 heterocycles. The summed E-state index contributed by atoms with van der Waals surface area (Å²) in [6.45, 7) is 1.45. The lowest BCUT2D eigenvalue weighted by Gasteiger charge is -2.11. The second kappa shape index (κ2) is 3.83. The van der Waals surface area contributed by atoms with Gasteiger partial charge in [-0.2, -0.15) is 0 Å². The molecule has 1 aromatic carbocycles. The van der Waals surface area contributed by atoms with Crippen molar-refractivity contribution in [3.05, 3.63) is 34.4 Å². The summed E-state index contributed by atoms with van der Waals surface area (Å²) in [5.41, 5.74) is 0.166. The van der Waals surface area contributed by atoms with Gasteiger partial charge in [-0.3, -0.25) is 0 Å². The first-order chi connectivity index (χ1) is 6.68. The molecule has 0 spiro atoms. The Labute approximate surface area is 86.1 Å². The van der Waals surface area contributed by atoms with Crippen LogP contribution in [0.3, 0.4) is 0 Å². The molecule has 1 atom stereocenters. The zero-order valence-electron chi connectivity index (χ0n) is 7.49. The van der Waals surface area contributed by atoms with E-state index in [-0.39, 0.29) is 16.5 Å². The molecule has 1 aromatic rings. The summed E-state index contributed by atoms with van der Waals surface area (Å²) in [5, 5.41) is 3.18. The molecule has 4 heteroatoms. The van der Waals surface area contributed by atoms with E-state index in [1.807, 2.05) is 0 Å². The quantitative estimate of drug-likeness (QED) is 0.763. The van der Waals surface area contributed by atoms with Gasteiger partial charge in [-0.15, -0.1) is 0 Å². The van der Waals surface area contributed by atoms with Gasteiger partial charge < -0.3 is 5.32 Å². The van der Waals surface area contributed by atoms with E-state index in [9.17, 15) is 8.78 Å². The Kier molecular flexibility index (Phi) is 2.70. The zero-order valence-corrected chi connectivity index (χ0v) is 8.24. The minimum Gasteiger partial charge on any atom is -0.316 e. The van der Waals surface area contributed by atoms with Crippen LogP contribution >= 0.6 is 11.6 Å². The van der Waals surface area contributed by atoms with Crippen molar-refractivity contribution in [3.63, 3.8) is 0 Å². The average molecular weight is 218 g/mol. The molecule has 0 aliphatic carbocycles. The van der Waals surface area contributed by atoms with E-state index < -0.39 is 11.6 Å². The highest BCUT2D eigenvalue weighted by Gasteiger charge is 2.23. The zero-order chi connectivity index (χ0) is 10.1. The predicted octanol–water partition coefficient (Wildman–Crippen LogP) is 2.70. The molecule has 14 heavy (non-hydrogen) atoms. The van der Waals surface area contributed by atoms with E-state index in [1.165, 1.54) is 0 Å². The van der Waals surface area contributed by atoms with Crippen molar-refractivity contribution in [2.45, 2.75) is 12.3 Å². The van der Waals surface area contributed by atoms with Crippen LogP contribution in [0.5, 0.6) is 0 Å². The summed E-state index contributed by atoms with van der Waals surface area (Å²) in [4.78, 5) is 0. The maximum absolute atomic E-state index is 13.4. The van der Waals surface area contributed by atoms with Crippen LogP contribution in [0.2, 0.25) is 5.02 Å². The van der Waals surface area contributed by atoms with E-state index in [0.29, 0.717) is 6.54 Å². The highest BCUT2D eigenvalue weighted by atomic mass is 35.5. The molecule has 0 amide bonds. The van der Waals surface area contributed by atoms with E-state index in [4.69, 9.17) is 11.6 Å². The lowest BCUT2D eigenvalue weighted by molar-refractivity contribution is 0.532. The van der Waals surface area contributed by atoms with Gasteiger partial charge in [0.15, 0.2) is 0 Å². The SMILES string of the molecule is Fc1cc(Cl)cc(F)c1C1CCNC1. The molecule has 1 aliphatic rings. The van der Waals surface area contributed by atoms with Crippen LogP contribution in [-0.2, 0) is 0 Å². The fraction of sp³-hybridized carbons (Fsp3) is 0.400. The summed E-state index contributed by atoms with van der Waals surface area (Å²) in [6, 6.07) is 2.33. The highest BCUT2D eigenvalue weighted by Crippen LogP contribution is 2.29. The molecule has 0 radical (unpaired) electrons. The molecule has 1 saturated heterocycles. The van der Waals surface area contributed by atoms with E-state index >= 15 is 0 Å². The van der Waals surface area contributed by atoms with Crippen molar-refractivity contribution < 1.29 is 8.78 Å². The average Bonchev–Trinajstić information content (AvgIpc) is 2.54. The number of hydrogen-bond acceptors (Lipinski definition) is 1. The second-order valence-corrected chi connectivity index (χ2v) is 3.91. The van der Waals surface area contributed by atoms with Gasteiger partial charge in [0.25, 0.3) is 0 Å². The monoisotopic (exact) mass is 217 g/mol. The Hall–Kier alpha value is -0.670. The predicted molar refractivity (Wildman–Crippen MR) is 51.6 cm³/mol. The van der Waals surface area contributed by atoms with Crippen LogP contribution in [-0.4, -0.2) is 13.1 Å². The van der Waals surface area contributed by atoms with E-state index in [2.05, 4.69) is 5.32 Å². The molecule has 0 bridgehead atoms. The van der Waals surface area contributed by atoms with Crippen molar-refractivity contribution in [1.29, 1.82) is 0 Å². The Morgan fingerprint density at radius 1 is 1.29 bits per heavy atom. The van der Waals surface area contributed by atoms with Gasteiger partial charge in [-0.1, -0.05) is 11.6 Å². The van der Waals surface area contributed by atoms with Crippen molar-refractivity contribution >= 4 is 11.6 Å². The van der Waals surface area contributed by atoms with Gasteiger partial charge in [-0.05, 0) is 25.1 Å². The third-order valence-corrected chi connectivity index (χ3v) is 2.73. The minimum atomic E-state index is -0.538. The summed E-state index contributed by atoms with van der Waals surface area (Å²) in [7, 11) is 0. The van der Waals surface area contributed by atoms with Gasteiger partial charge >= 0.3 is 0 Å². The van der Waals surface area contributed by atoms with Gasteiger partial charge in [0.2, 0.25) is 0 Å². The third kappa shape index (κ3) is 1.74. The number of nitrogens with one attached hydrogen (secondary N) is 1. The van der Waals surface area contributed by atoms with Crippen LogP contribution in [0.25, 0.3) is 0 Å². The maximum atomic E-state index is 13.4. The number of hydrogen-bond donors (Lipinski definition) is 1. The first-order valence-electron chi connectivity index (χ1n) is 4.53. The molecule has 1 fully saturated rings. The van der Waals surface area contributed by atoms with Crippen molar-refractivity contribution in [3.8, 4) is 0 Å². The summed E-state index contributed by atoms with van der Waals surface area (Å²) < 4.78 is 26.8. The molecule has 1 N–H and O–H groups in total. The first kappa shape index (κ1) is 9.87. The molecular formula is C10H10ClF2N. The topological polar surface area (TPSA) is 12.0 Å². The van der Waals surface area contributed by atoms with Crippen LogP contribution in [0.1, 0.15) is 17.9 Å². The Morgan fingerprint density at radius 2 is 1.93 bits per heavy atom. The molecule has 1 nitrogen and oxygen atoms in total. The highest BCUT2D eigenvalue weighted by molar-refractivity contribution is 6.30. The third-order valence-electron chi connectivity index (χ3n) is 2.51. The standard InChI is InChI=1S/C10H10ClF2N/c11-7-3-8(12)10(9(13)4-7)6-1-2-14-5-6/h3-4,6,14H,1-2,5H2. The molecule has 0 aromatic heterocycles. The molecule has 0 saturated carbocycles. The van der Waals surface area contributed by atoms with Gasteiger partial charge in [-0.25, -0.2) is 8.78 Å². The summed E-state index contributed by atoms with van der Waals surface area (Å²) in [5.74, 6) is -1.14. The Balaban J connectivity index is 2.40. The van der Waals surface area contributed by atoms with Gasteiger partial charge in [0.1, 0.15) is 11.6 Å². The fourth-order valence-corrected chi connectivity index (χ4v) is 2.04. The van der Waals surface area contributed by atoms with Gasteiger partial charge in [0.05, 0.1) is 0 Å². The number of benzene rings is 1. The smallest absolute Gasteiger partial charge is 0.131 e. The van der Waals surface area contributed by atoms with Crippen LogP contribution in [0, 0.1) is 11.6 Å². The fourth-order valence-electron chi connectivity index (χ4n) is 1.84. The van der Waals surface area contributed by atoms with Gasteiger partial charge in [0, 0.05) is 23.0 Å². The normalized spacial score (nSPS) is 21.5. The van der Waals surface area contributed by atoms with E-state index in [0.717, 1.165) is 25.1 Å². The van der Waals surface area contributed by atoms with Crippen molar-refractivity contribution in [1.82, 2.24) is 5.32 Å². The Bertz CT molecular complexity index is 325. The number of rotatable bonds is 1. The van der Waals surface area contributed by atoms with Crippen molar-refractivity contribution in [2.24, 2.45) is 0 Å². The molecular weight excluding hydrogens is 208 g/mol. The van der Waals surface area contributed by atoms with Crippen molar-refractivity contribution in [2.75, 3.05) is 13.1 Å². The molecule has 76 valence electrons. The summed E-state index contributed by atoms with van der Waals surface area (Å²) >= 11 is 5.53. The Morgan fingerprint density at radius 3 is 2.43 bits per heavy atom. The van der Waals surface area contributed by atoms with Crippen LogP contribution < -0.4 is 5.32 Å². The summed E-state index contributed by atoms with van der Waals surface area (Å²) in [6.07, 6.45) is 0.773. The first-order valence-corrected chi connectivity index (χ1v) is 4.91. The van der Waals surface area contributed by atoms with Crippen LogP contribution in [0.15, 0.2) is 12.1 Å². The molecule has 2 rings (SSSR count). The lowest BCUT2D eigenvalue weighted by Crippen LogP contribution is -2.10. The largest absolute Gasteiger partial charge is 0.316 e. The van der Waals surface area contributed by atoms with Crippen LogP contribution in [0.4, 0.5) is 8.78 Å². The lowest BCUT2D eigenvalue weighted by atomic mass is 9.97.